The van der Waals surface area contributed by atoms with Crippen molar-refractivity contribution >= 4 is 28.3 Å². The van der Waals surface area contributed by atoms with Crippen LogP contribution in [0.5, 0.6) is 0 Å². The fraction of sp³-hybridized carbons (Fsp3) is 0.348. The molecule has 1 aliphatic heterocycles. The largest absolute Gasteiger partial charge is 0.459 e. The molecule has 138 valence electrons. The highest BCUT2D eigenvalue weighted by Gasteiger charge is 2.47. The average Bonchev–Trinajstić information content (AvgIpc) is 3.23. The summed E-state index contributed by atoms with van der Waals surface area (Å²) in [5.41, 5.74) is 3.75. The second-order valence-electron chi connectivity index (χ2n) is 7.91. The van der Waals surface area contributed by atoms with Crippen LogP contribution in [-0.4, -0.2) is 5.91 Å². The first-order valence-electron chi connectivity index (χ1n) is 9.87. The highest BCUT2D eigenvalue weighted by atomic mass is 16.3. The van der Waals surface area contributed by atoms with Crippen molar-refractivity contribution in [3.05, 3.63) is 59.9 Å². The normalized spacial score (nSPS) is 19.1. The van der Waals surface area contributed by atoms with E-state index >= 15 is 0 Å². The smallest absolute Gasteiger partial charge is 0.235 e. The number of fused-ring (bicyclic) bond motifs is 3. The fourth-order valence-corrected chi connectivity index (χ4v) is 4.69. The van der Waals surface area contributed by atoms with E-state index in [4.69, 9.17) is 4.42 Å². The van der Waals surface area contributed by atoms with Gasteiger partial charge in [-0.1, -0.05) is 37.5 Å². The lowest BCUT2D eigenvalue weighted by Gasteiger charge is -2.31. The number of para-hydroxylation sites is 1. The van der Waals surface area contributed by atoms with Crippen molar-refractivity contribution in [2.75, 3.05) is 10.6 Å². The molecule has 3 aromatic rings. The first-order valence-corrected chi connectivity index (χ1v) is 9.87. The Morgan fingerprint density at radius 3 is 2.70 bits per heavy atom. The molecule has 2 aromatic carbocycles. The monoisotopic (exact) mass is 360 g/mol. The lowest BCUT2D eigenvalue weighted by atomic mass is 9.70. The van der Waals surface area contributed by atoms with E-state index in [2.05, 4.69) is 35.8 Å². The summed E-state index contributed by atoms with van der Waals surface area (Å²) >= 11 is 0. The van der Waals surface area contributed by atoms with Crippen LogP contribution in [0.4, 0.5) is 11.4 Å². The van der Waals surface area contributed by atoms with Gasteiger partial charge in [0.05, 0.1) is 11.5 Å². The average molecular weight is 360 g/mol. The summed E-state index contributed by atoms with van der Waals surface area (Å²) < 4.78 is 5.99. The number of carbonyl (C=O) groups excluding carboxylic acids is 1. The van der Waals surface area contributed by atoms with E-state index in [0.717, 1.165) is 59.4 Å². The Hall–Kier alpha value is -2.75. The summed E-state index contributed by atoms with van der Waals surface area (Å²) in [6.07, 6.45) is 5.38. The Labute approximate surface area is 158 Å². The zero-order valence-corrected chi connectivity index (χ0v) is 15.5. The van der Waals surface area contributed by atoms with Crippen LogP contribution in [0.3, 0.4) is 0 Å². The maximum Gasteiger partial charge on any atom is 0.235 e. The first kappa shape index (κ1) is 16.4. The van der Waals surface area contributed by atoms with Crippen molar-refractivity contribution in [2.45, 2.75) is 50.5 Å². The molecule has 1 aliphatic carbocycles. The van der Waals surface area contributed by atoms with Gasteiger partial charge < -0.3 is 15.1 Å². The van der Waals surface area contributed by atoms with Gasteiger partial charge in [-0.3, -0.25) is 4.79 Å². The molecule has 1 amide bonds. The molecule has 1 saturated carbocycles. The van der Waals surface area contributed by atoms with E-state index in [1.54, 1.807) is 0 Å². The number of anilines is 2. The molecular formula is C23H24N2O2. The molecule has 5 rings (SSSR count). The van der Waals surface area contributed by atoms with E-state index < -0.39 is 0 Å². The molecule has 4 heteroatoms. The standard InChI is InChI=1S/C23H24N2O2/c1-15(21-13-16-7-3-4-8-20(16)27-21)24-17-9-10-19-18(14-17)23(22(26)25-19)11-5-2-6-12-23/h3-4,7-10,13-15,24H,2,5-6,11-12H2,1H3,(H,25,26). The lowest BCUT2D eigenvalue weighted by Crippen LogP contribution is -2.36. The number of hydrogen-bond acceptors (Lipinski definition) is 3. The molecule has 27 heavy (non-hydrogen) atoms. The molecule has 1 spiro atoms. The van der Waals surface area contributed by atoms with Crippen molar-refractivity contribution in [3.63, 3.8) is 0 Å². The Morgan fingerprint density at radius 2 is 1.89 bits per heavy atom. The summed E-state index contributed by atoms with van der Waals surface area (Å²) in [6, 6.07) is 16.4. The van der Waals surface area contributed by atoms with Gasteiger partial charge in [-0.15, -0.1) is 0 Å². The number of amides is 1. The number of nitrogens with one attached hydrogen (secondary N) is 2. The van der Waals surface area contributed by atoms with Crippen molar-refractivity contribution in [2.24, 2.45) is 0 Å². The highest BCUT2D eigenvalue weighted by molar-refractivity contribution is 6.06. The summed E-state index contributed by atoms with van der Waals surface area (Å²) in [5, 5.41) is 7.77. The van der Waals surface area contributed by atoms with Gasteiger partial charge in [0.1, 0.15) is 11.3 Å². The number of hydrogen-bond donors (Lipinski definition) is 2. The van der Waals surface area contributed by atoms with Crippen molar-refractivity contribution in [3.8, 4) is 0 Å². The molecule has 2 aliphatic rings. The van der Waals surface area contributed by atoms with Gasteiger partial charge >= 0.3 is 0 Å². The van der Waals surface area contributed by atoms with Crippen LogP contribution in [0, 0.1) is 0 Å². The predicted molar refractivity (Wildman–Crippen MR) is 108 cm³/mol. The van der Waals surface area contributed by atoms with Crippen LogP contribution >= 0.6 is 0 Å². The van der Waals surface area contributed by atoms with E-state index in [1.807, 2.05) is 30.3 Å². The Bertz CT molecular complexity index is 981. The molecule has 1 fully saturated rings. The molecule has 2 N–H and O–H groups in total. The molecule has 1 aromatic heterocycles. The van der Waals surface area contributed by atoms with Crippen LogP contribution in [0.15, 0.2) is 52.9 Å². The minimum absolute atomic E-state index is 0.0443. The number of carbonyl (C=O) groups is 1. The maximum absolute atomic E-state index is 12.7. The summed E-state index contributed by atoms with van der Waals surface area (Å²) in [4.78, 5) is 12.7. The zero-order chi connectivity index (χ0) is 18.4. The summed E-state index contributed by atoms with van der Waals surface area (Å²) in [7, 11) is 0. The second-order valence-corrected chi connectivity index (χ2v) is 7.91. The molecule has 0 saturated heterocycles. The third kappa shape index (κ3) is 2.62. The molecule has 1 unspecified atom stereocenters. The van der Waals surface area contributed by atoms with Crippen molar-refractivity contribution in [1.29, 1.82) is 0 Å². The molecular weight excluding hydrogens is 336 g/mol. The minimum Gasteiger partial charge on any atom is -0.459 e. The Balaban J connectivity index is 1.44. The molecule has 0 bridgehead atoms. The van der Waals surface area contributed by atoms with Gasteiger partial charge in [0.2, 0.25) is 5.91 Å². The minimum atomic E-state index is -0.326. The molecule has 0 radical (unpaired) electrons. The van der Waals surface area contributed by atoms with Crippen LogP contribution in [0.25, 0.3) is 11.0 Å². The second kappa shape index (κ2) is 6.15. The molecule has 1 atom stereocenters. The first-order chi connectivity index (χ1) is 13.2. The van der Waals surface area contributed by atoms with Crippen LogP contribution in [0.1, 0.15) is 56.4 Å². The molecule has 4 nitrogen and oxygen atoms in total. The lowest BCUT2D eigenvalue weighted by molar-refractivity contribution is -0.121. The highest BCUT2D eigenvalue weighted by Crippen LogP contribution is 2.48. The quantitative estimate of drug-likeness (QED) is 0.624. The Kier molecular flexibility index (Phi) is 3.74. The van der Waals surface area contributed by atoms with E-state index in [0.29, 0.717) is 0 Å². The number of furan rings is 1. The third-order valence-electron chi connectivity index (χ3n) is 6.18. The van der Waals surface area contributed by atoms with Crippen molar-refractivity contribution < 1.29 is 9.21 Å². The topological polar surface area (TPSA) is 54.3 Å². The third-order valence-corrected chi connectivity index (χ3v) is 6.18. The van der Waals surface area contributed by atoms with Gasteiger partial charge in [-0.2, -0.15) is 0 Å². The fourth-order valence-electron chi connectivity index (χ4n) is 4.69. The van der Waals surface area contributed by atoms with Crippen LogP contribution in [-0.2, 0) is 10.2 Å². The van der Waals surface area contributed by atoms with E-state index in [9.17, 15) is 4.79 Å². The van der Waals surface area contributed by atoms with Gasteiger partial charge in [-0.25, -0.2) is 0 Å². The summed E-state index contributed by atoms with van der Waals surface area (Å²) in [6.45, 7) is 2.10. The SMILES string of the molecule is CC(Nc1ccc2c(c1)C1(CCCCC1)C(=O)N2)c1cc2ccccc2o1. The van der Waals surface area contributed by atoms with Gasteiger partial charge in [0, 0.05) is 16.8 Å². The Morgan fingerprint density at radius 1 is 1.07 bits per heavy atom. The van der Waals surface area contributed by atoms with E-state index in [-0.39, 0.29) is 17.4 Å². The zero-order valence-electron chi connectivity index (χ0n) is 15.5. The van der Waals surface area contributed by atoms with Gasteiger partial charge in [-0.05, 0) is 55.7 Å². The van der Waals surface area contributed by atoms with Gasteiger partial charge in [0.15, 0.2) is 0 Å². The maximum atomic E-state index is 12.7. The number of rotatable bonds is 3. The van der Waals surface area contributed by atoms with Crippen LogP contribution in [0.2, 0.25) is 0 Å². The van der Waals surface area contributed by atoms with E-state index in [1.165, 1.54) is 6.42 Å². The number of benzene rings is 2. The van der Waals surface area contributed by atoms with Gasteiger partial charge in [0.25, 0.3) is 0 Å². The predicted octanol–water partition coefficient (Wildman–Crippen LogP) is 5.76. The summed E-state index contributed by atoms with van der Waals surface area (Å²) in [5.74, 6) is 1.10. The van der Waals surface area contributed by atoms with Crippen LogP contribution < -0.4 is 10.6 Å². The van der Waals surface area contributed by atoms with Crippen molar-refractivity contribution in [1.82, 2.24) is 0 Å². The molecule has 2 heterocycles.